The molecule has 2 aliphatic rings. The van der Waals surface area contributed by atoms with Gasteiger partial charge < -0.3 is 5.32 Å². The van der Waals surface area contributed by atoms with Gasteiger partial charge in [-0.3, -0.25) is 4.90 Å². The monoisotopic (exact) mass is 446 g/mol. The van der Waals surface area contributed by atoms with Gasteiger partial charge in [0.2, 0.25) is 0 Å². The summed E-state index contributed by atoms with van der Waals surface area (Å²) in [5, 5.41) is 3.39. The molecule has 0 aromatic heterocycles. The molecule has 1 saturated carbocycles. The zero-order chi connectivity index (χ0) is 13.2. The summed E-state index contributed by atoms with van der Waals surface area (Å²) in [6.07, 6.45) is 3.80. The van der Waals surface area contributed by atoms with Crippen molar-refractivity contribution < 1.29 is 4.39 Å². The molecule has 2 fully saturated rings. The van der Waals surface area contributed by atoms with Crippen LogP contribution in [0.25, 0.3) is 0 Å². The quantitative estimate of drug-likeness (QED) is 0.705. The third kappa shape index (κ3) is 4.44. The highest BCUT2D eigenvalue weighted by Gasteiger charge is 2.35. The molecule has 1 aliphatic carbocycles. The van der Waals surface area contributed by atoms with Crippen LogP contribution in [0.5, 0.6) is 0 Å². The van der Waals surface area contributed by atoms with Gasteiger partial charge >= 0.3 is 0 Å². The summed E-state index contributed by atoms with van der Waals surface area (Å²) in [4.78, 5) is 2.48. The standard InChI is InChI=1S/C15H20FIN2.2ClH/c16-14-5-4-12(17)10-13(14)15(11-2-1-3-11)19-8-6-18-7-9-19;;/h4-5,10-11,15,18H,1-3,6-9H2;2*1H/t15-;;/m0../s1. The van der Waals surface area contributed by atoms with E-state index in [4.69, 9.17) is 0 Å². The smallest absolute Gasteiger partial charge is 0.128 e. The van der Waals surface area contributed by atoms with Crippen LogP contribution in [0.15, 0.2) is 18.2 Å². The Kier molecular flexibility index (Phi) is 8.20. The fourth-order valence-corrected chi connectivity index (χ4v) is 3.72. The first-order valence-corrected chi connectivity index (χ1v) is 8.23. The van der Waals surface area contributed by atoms with Crippen LogP contribution in [0.2, 0.25) is 0 Å². The van der Waals surface area contributed by atoms with Gasteiger partial charge in [0.05, 0.1) is 0 Å². The SMILES string of the molecule is Cl.Cl.Fc1ccc(I)cc1[C@H](C1CCC1)N1CCNCC1. The maximum Gasteiger partial charge on any atom is 0.128 e. The van der Waals surface area contributed by atoms with Crippen LogP contribution in [0.3, 0.4) is 0 Å². The van der Waals surface area contributed by atoms with Crippen LogP contribution in [0, 0.1) is 15.3 Å². The Morgan fingerprint density at radius 2 is 1.86 bits per heavy atom. The maximum absolute atomic E-state index is 14.2. The number of benzene rings is 1. The first-order chi connectivity index (χ1) is 9.25. The van der Waals surface area contributed by atoms with Crippen molar-refractivity contribution in [2.45, 2.75) is 25.3 Å². The van der Waals surface area contributed by atoms with E-state index in [0.717, 1.165) is 35.3 Å². The van der Waals surface area contributed by atoms with Gasteiger partial charge in [0.1, 0.15) is 5.82 Å². The summed E-state index contributed by atoms with van der Waals surface area (Å²) in [5.41, 5.74) is 0.915. The van der Waals surface area contributed by atoms with Crippen LogP contribution in [-0.4, -0.2) is 31.1 Å². The summed E-state index contributed by atoms with van der Waals surface area (Å²) >= 11 is 2.28. The Hall–Kier alpha value is 0.380. The van der Waals surface area contributed by atoms with Crippen LogP contribution in [0.1, 0.15) is 30.9 Å². The third-order valence-electron chi connectivity index (χ3n) is 4.42. The minimum absolute atomic E-state index is 0. The van der Waals surface area contributed by atoms with Crippen molar-refractivity contribution in [2.75, 3.05) is 26.2 Å². The Morgan fingerprint density at radius 1 is 1.19 bits per heavy atom. The Bertz CT molecular complexity index is 451. The third-order valence-corrected chi connectivity index (χ3v) is 5.09. The van der Waals surface area contributed by atoms with E-state index < -0.39 is 0 Å². The minimum Gasteiger partial charge on any atom is -0.314 e. The summed E-state index contributed by atoms with van der Waals surface area (Å²) in [5.74, 6) is 0.613. The molecule has 1 aromatic carbocycles. The van der Waals surface area contributed by atoms with Gasteiger partial charge in [0, 0.05) is 41.4 Å². The Morgan fingerprint density at radius 3 is 2.43 bits per heavy atom. The highest BCUT2D eigenvalue weighted by atomic mass is 127. The van der Waals surface area contributed by atoms with Crippen LogP contribution in [-0.2, 0) is 0 Å². The second-order valence-electron chi connectivity index (χ2n) is 5.59. The number of nitrogens with zero attached hydrogens (tertiary/aromatic N) is 1. The fourth-order valence-electron chi connectivity index (χ4n) is 3.21. The Labute approximate surface area is 152 Å². The topological polar surface area (TPSA) is 15.3 Å². The van der Waals surface area contributed by atoms with Crippen molar-refractivity contribution >= 4 is 47.4 Å². The number of hydrogen-bond acceptors (Lipinski definition) is 2. The molecule has 1 heterocycles. The van der Waals surface area contributed by atoms with E-state index in [2.05, 4.69) is 32.8 Å². The van der Waals surface area contributed by atoms with Crippen molar-refractivity contribution in [2.24, 2.45) is 5.92 Å². The zero-order valence-electron chi connectivity index (χ0n) is 11.9. The van der Waals surface area contributed by atoms with Gasteiger partial charge in [0.15, 0.2) is 0 Å². The molecule has 21 heavy (non-hydrogen) atoms. The highest BCUT2D eigenvalue weighted by Crippen LogP contribution is 2.42. The number of halogens is 4. The van der Waals surface area contributed by atoms with Gasteiger partial charge in [0.25, 0.3) is 0 Å². The number of hydrogen-bond donors (Lipinski definition) is 1. The lowest BCUT2D eigenvalue weighted by atomic mass is 9.76. The fraction of sp³-hybridized carbons (Fsp3) is 0.600. The molecule has 0 spiro atoms. The van der Waals surface area contributed by atoms with E-state index in [1.807, 2.05) is 12.1 Å². The van der Waals surface area contributed by atoms with Crippen LogP contribution in [0.4, 0.5) is 4.39 Å². The van der Waals surface area contributed by atoms with E-state index in [0.29, 0.717) is 5.92 Å². The average molecular weight is 447 g/mol. The second-order valence-corrected chi connectivity index (χ2v) is 6.83. The molecular formula is C15H22Cl2FIN2. The highest BCUT2D eigenvalue weighted by molar-refractivity contribution is 14.1. The predicted molar refractivity (Wildman–Crippen MR) is 98.1 cm³/mol. The van der Waals surface area contributed by atoms with Crippen LogP contribution < -0.4 is 5.32 Å². The van der Waals surface area contributed by atoms with E-state index in [1.54, 1.807) is 6.07 Å². The number of rotatable bonds is 3. The average Bonchev–Trinajstić information content (AvgIpc) is 2.38. The summed E-state index contributed by atoms with van der Waals surface area (Å²) < 4.78 is 15.4. The van der Waals surface area contributed by atoms with Crippen molar-refractivity contribution in [1.29, 1.82) is 0 Å². The van der Waals surface area contributed by atoms with E-state index in [-0.39, 0.29) is 36.7 Å². The molecule has 1 atom stereocenters. The predicted octanol–water partition coefficient (Wildman–Crippen LogP) is 4.02. The van der Waals surface area contributed by atoms with Gasteiger partial charge in [-0.2, -0.15) is 0 Å². The van der Waals surface area contributed by atoms with E-state index in [1.165, 1.54) is 19.3 Å². The molecule has 120 valence electrons. The zero-order valence-corrected chi connectivity index (χ0v) is 15.6. The minimum atomic E-state index is -0.0316. The van der Waals surface area contributed by atoms with Gasteiger partial charge in [-0.15, -0.1) is 24.8 Å². The van der Waals surface area contributed by atoms with E-state index >= 15 is 0 Å². The maximum atomic E-state index is 14.2. The summed E-state index contributed by atoms with van der Waals surface area (Å²) in [6.45, 7) is 4.11. The summed E-state index contributed by atoms with van der Waals surface area (Å²) in [6, 6.07) is 5.81. The van der Waals surface area contributed by atoms with Crippen molar-refractivity contribution in [3.63, 3.8) is 0 Å². The van der Waals surface area contributed by atoms with Crippen molar-refractivity contribution in [1.82, 2.24) is 10.2 Å². The van der Waals surface area contributed by atoms with Gasteiger partial charge in [-0.05, 0) is 59.5 Å². The molecule has 2 nitrogen and oxygen atoms in total. The molecule has 1 aliphatic heterocycles. The molecule has 3 rings (SSSR count). The lowest BCUT2D eigenvalue weighted by molar-refractivity contribution is 0.0811. The molecule has 1 saturated heterocycles. The second kappa shape index (κ2) is 8.87. The van der Waals surface area contributed by atoms with Crippen LogP contribution >= 0.6 is 47.4 Å². The lowest BCUT2D eigenvalue weighted by Crippen LogP contribution is -2.48. The van der Waals surface area contributed by atoms with Gasteiger partial charge in [-0.25, -0.2) is 4.39 Å². The number of nitrogens with one attached hydrogen (secondary N) is 1. The summed E-state index contributed by atoms with van der Waals surface area (Å²) in [7, 11) is 0. The molecule has 6 heteroatoms. The molecule has 0 bridgehead atoms. The largest absolute Gasteiger partial charge is 0.314 e. The molecule has 0 amide bonds. The molecule has 0 radical (unpaired) electrons. The molecular weight excluding hydrogens is 425 g/mol. The van der Waals surface area contributed by atoms with Gasteiger partial charge in [-0.1, -0.05) is 6.42 Å². The van der Waals surface area contributed by atoms with E-state index in [9.17, 15) is 4.39 Å². The molecule has 1 aromatic rings. The lowest BCUT2D eigenvalue weighted by Gasteiger charge is -2.43. The number of piperazine rings is 1. The first-order valence-electron chi connectivity index (χ1n) is 7.15. The molecule has 1 N–H and O–H groups in total. The Balaban J connectivity index is 0.00000110. The van der Waals surface area contributed by atoms with Crippen molar-refractivity contribution in [3.8, 4) is 0 Å². The van der Waals surface area contributed by atoms with Crippen molar-refractivity contribution in [3.05, 3.63) is 33.1 Å². The molecule has 0 unspecified atom stereocenters. The first kappa shape index (κ1) is 19.4. The normalized spacial score (nSPS) is 20.9.